The molecule has 0 saturated carbocycles. The number of carbonyl (C=O) groups is 1. The minimum atomic E-state index is 0.000402. The van der Waals surface area contributed by atoms with E-state index in [9.17, 15) is 4.79 Å². The lowest BCUT2D eigenvalue weighted by molar-refractivity contribution is 0.182. The van der Waals surface area contributed by atoms with Crippen LogP contribution in [0.1, 0.15) is 18.9 Å². The van der Waals surface area contributed by atoms with E-state index in [0.29, 0.717) is 6.54 Å². The third-order valence-corrected chi connectivity index (χ3v) is 4.99. The molecule has 2 aromatic heterocycles. The highest BCUT2D eigenvalue weighted by Crippen LogP contribution is 2.16. The van der Waals surface area contributed by atoms with E-state index in [1.807, 2.05) is 39.6 Å². The average molecular weight is 331 g/mol. The van der Waals surface area contributed by atoms with Gasteiger partial charge in [0.05, 0.1) is 0 Å². The molecule has 1 N–H and O–H groups in total. The molecule has 1 unspecified atom stereocenters. The number of aromatic nitrogens is 3. The molecule has 1 saturated heterocycles. The van der Waals surface area contributed by atoms with Gasteiger partial charge >= 0.3 is 6.03 Å². The van der Waals surface area contributed by atoms with Gasteiger partial charge in [0.1, 0.15) is 12.1 Å². The molecule has 6 nitrogen and oxygen atoms in total. The van der Waals surface area contributed by atoms with Gasteiger partial charge in [-0.2, -0.15) is 11.8 Å². The monoisotopic (exact) mass is 331 g/mol. The summed E-state index contributed by atoms with van der Waals surface area (Å²) >= 11 is 1.91. The maximum atomic E-state index is 12.5. The first-order chi connectivity index (χ1) is 11.3. The summed E-state index contributed by atoms with van der Waals surface area (Å²) in [4.78, 5) is 22.9. The van der Waals surface area contributed by atoms with E-state index in [0.717, 1.165) is 35.9 Å². The molecule has 122 valence electrons. The largest absolute Gasteiger partial charge is 0.334 e. The maximum Gasteiger partial charge on any atom is 0.317 e. The number of nitrogens with one attached hydrogen (secondary N) is 1. The molecule has 0 spiro atoms. The summed E-state index contributed by atoms with van der Waals surface area (Å²) in [5.41, 5.74) is 0.968. The highest BCUT2D eigenvalue weighted by Gasteiger charge is 2.22. The number of rotatable bonds is 3. The molecular weight excluding hydrogens is 310 g/mol. The molecule has 3 rings (SSSR count). The van der Waals surface area contributed by atoms with Crippen LogP contribution < -0.4 is 5.32 Å². The number of thioether (sulfide) groups is 1. The van der Waals surface area contributed by atoms with Crippen molar-refractivity contribution in [1.29, 1.82) is 0 Å². The average Bonchev–Trinajstić information content (AvgIpc) is 3.02. The zero-order chi connectivity index (χ0) is 16.1. The molecule has 1 fully saturated rings. The molecule has 1 atom stereocenters. The molecule has 1 aliphatic heterocycles. The first-order valence-corrected chi connectivity index (χ1v) is 8.95. The van der Waals surface area contributed by atoms with E-state index in [4.69, 9.17) is 0 Å². The van der Waals surface area contributed by atoms with E-state index < -0.39 is 0 Å². The number of hydrogen-bond donors (Lipinski definition) is 1. The standard InChI is InChI=1S/C16H21N5OS/c1-13-4-9-23-10-8-21(13)16(22)19-11-14-3-2-5-18-15(14)20-7-6-17-12-20/h2-3,5-7,12-13H,4,8-11H2,1H3,(H,19,22). The minimum absolute atomic E-state index is 0.000402. The number of pyridine rings is 1. The lowest BCUT2D eigenvalue weighted by atomic mass is 10.2. The zero-order valence-electron chi connectivity index (χ0n) is 13.2. The summed E-state index contributed by atoms with van der Waals surface area (Å²) in [6.07, 6.45) is 8.07. The van der Waals surface area contributed by atoms with Crippen molar-refractivity contribution in [2.45, 2.75) is 25.9 Å². The van der Waals surface area contributed by atoms with E-state index in [1.165, 1.54) is 0 Å². The molecule has 2 aromatic rings. The summed E-state index contributed by atoms with van der Waals surface area (Å²) < 4.78 is 1.85. The van der Waals surface area contributed by atoms with Crippen molar-refractivity contribution in [3.63, 3.8) is 0 Å². The van der Waals surface area contributed by atoms with Crippen LogP contribution in [0.4, 0.5) is 4.79 Å². The van der Waals surface area contributed by atoms with Gasteiger partial charge in [-0.05, 0) is 25.2 Å². The molecule has 0 aliphatic carbocycles. The normalized spacial score (nSPS) is 18.5. The van der Waals surface area contributed by atoms with Crippen LogP contribution in [-0.4, -0.2) is 49.6 Å². The predicted octanol–water partition coefficient (Wildman–Crippen LogP) is 2.30. The van der Waals surface area contributed by atoms with Crippen molar-refractivity contribution in [2.24, 2.45) is 0 Å². The van der Waals surface area contributed by atoms with Gasteiger partial charge in [-0.15, -0.1) is 0 Å². The lowest BCUT2D eigenvalue weighted by Crippen LogP contribution is -2.45. The molecule has 0 aromatic carbocycles. The van der Waals surface area contributed by atoms with Crippen LogP contribution in [0.5, 0.6) is 0 Å². The highest BCUT2D eigenvalue weighted by molar-refractivity contribution is 7.99. The van der Waals surface area contributed by atoms with Gasteiger partial charge in [0.15, 0.2) is 0 Å². The summed E-state index contributed by atoms with van der Waals surface area (Å²) in [6, 6.07) is 4.14. The van der Waals surface area contributed by atoms with E-state index in [1.54, 1.807) is 18.7 Å². The number of hydrogen-bond acceptors (Lipinski definition) is 4. The molecule has 23 heavy (non-hydrogen) atoms. The third-order valence-electron chi connectivity index (χ3n) is 4.00. The second kappa shape index (κ2) is 7.50. The van der Waals surface area contributed by atoms with Gasteiger partial charge in [0.2, 0.25) is 0 Å². The van der Waals surface area contributed by atoms with Crippen LogP contribution in [0.25, 0.3) is 5.82 Å². The van der Waals surface area contributed by atoms with Crippen LogP contribution in [0.2, 0.25) is 0 Å². The number of nitrogens with zero attached hydrogens (tertiary/aromatic N) is 4. The quantitative estimate of drug-likeness (QED) is 0.937. The second-order valence-electron chi connectivity index (χ2n) is 5.56. The highest BCUT2D eigenvalue weighted by atomic mass is 32.2. The molecule has 2 amide bonds. The van der Waals surface area contributed by atoms with Crippen LogP contribution in [-0.2, 0) is 6.54 Å². The van der Waals surface area contributed by atoms with Crippen LogP contribution in [0, 0.1) is 0 Å². The Morgan fingerprint density at radius 3 is 3.17 bits per heavy atom. The Morgan fingerprint density at radius 2 is 2.35 bits per heavy atom. The third kappa shape index (κ3) is 3.85. The SMILES string of the molecule is CC1CCSCCN1C(=O)NCc1cccnc1-n1ccnc1. The van der Waals surface area contributed by atoms with Crippen LogP contribution >= 0.6 is 11.8 Å². The molecular formula is C16H21N5OS. The first kappa shape index (κ1) is 15.9. The predicted molar refractivity (Wildman–Crippen MR) is 91.7 cm³/mol. The zero-order valence-corrected chi connectivity index (χ0v) is 14.0. The first-order valence-electron chi connectivity index (χ1n) is 7.80. The maximum absolute atomic E-state index is 12.5. The molecule has 1 aliphatic rings. The van der Waals surface area contributed by atoms with E-state index in [-0.39, 0.29) is 12.1 Å². The van der Waals surface area contributed by atoms with Gasteiger partial charge in [0.25, 0.3) is 0 Å². The van der Waals surface area contributed by atoms with Crippen molar-refractivity contribution in [3.8, 4) is 5.82 Å². The Bertz CT molecular complexity index is 646. The van der Waals surface area contributed by atoms with Gasteiger partial charge in [-0.1, -0.05) is 6.07 Å². The Labute approximate surface area is 140 Å². The van der Waals surface area contributed by atoms with Crippen LogP contribution in [0.15, 0.2) is 37.1 Å². The molecule has 3 heterocycles. The van der Waals surface area contributed by atoms with Crippen molar-refractivity contribution < 1.29 is 4.79 Å². The van der Waals surface area contributed by atoms with E-state index in [2.05, 4.69) is 22.2 Å². The summed E-state index contributed by atoms with van der Waals surface area (Å²) in [6.45, 7) is 3.38. The topological polar surface area (TPSA) is 63.1 Å². The number of urea groups is 1. The fraction of sp³-hybridized carbons (Fsp3) is 0.438. The molecule has 0 bridgehead atoms. The smallest absolute Gasteiger partial charge is 0.317 e. The van der Waals surface area contributed by atoms with Gasteiger partial charge in [-0.25, -0.2) is 14.8 Å². The fourth-order valence-corrected chi connectivity index (χ4v) is 3.69. The lowest BCUT2D eigenvalue weighted by Gasteiger charge is -2.27. The van der Waals surface area contributed by atoms with Crippen LogP contribution in [0.3, 0.4) is 0 Å². The van der Waals surface area contributed by atoms with Crippen molar-refractivity contribution in [2.75, 3.05) is 18.1 Å². The minimum Gasteiger partial charge on any atom is -0.334 e. The van der Waals surface area contributed by atoms with Crippen molar-refractivity contribution in [1.82, 2.24) is 24.8 Å². The fourth-order valence-electron chi connectivity index (χ4n) is 2.65. The summed E-state index contributed by atoms with van der Waals surface area (Å²) in [5, 5.41) is 3.03. The van der Waals surface area contributed by atoms with Gasteiger partial charge < -0.3 is 10.2 Å². The van der Waals surface area contributed by atoms with Crippen molar-refractivity contribution >= 4 is 17.8 Å². The molecule has 0 radical (unpaired) electrons. The number of carbonyl (C=O) groups excluding carboxylic acids is 1. The van der Waals surface area contributed by atoms with Gasteiger partial charge in [-0.3, -0.25) is 4.57 Å². The second-order valence-corrected chi connectivity index (χ2v) is 6.78. The Hall–Kier alpha value is -2.02. The van der Waals surface area contributed by atoms with Crippen molar-refractivity contribution in [3.05, 3.63) is 42.6 Å². The Balaban J connectivity index is 1.67. The summed E-state index contributed by atoms with van der Waals surface area (Å²) in [7, 11) is 0. The number of amides is 2. The molecule has 7 heteroatoms. The van der Waals surface area contributed by atoms with Gasteiger partial charge in [0, 0.05) is 49.0 Å². The Morgan fingerprint density at radius 1 is 1.43 bits per heavy atom. The van der Waals surface area contributed by atoms with E-state index >= 15 is 0 Å². The number of imidazole rings is 1. The Kier molecular flexibility index (Phi) is 5.17. The summed E-state index contributed by atoms with van der Waals surface area (Å²) in [5.74, 6) is 2.92.